The molecule has 0 bridgehead atoms. The summed E-state index contributed by atoms with van der Waals surface area (Å²) < 4.78 is 27.8. The highest BCUT2D eigenvalue weighted by molar-refractivity contribution is 5.92. The Balaban J connectivity index is 1.42. The van der Waals surface area contributed by atoms with E-state index in [9.17, 15) is 8.78 Å². The Morgan fingerprint density at radius 2 is 1.77 bits per heavy atom. The van der Waals surface area contributed by atoms with Crippen molar-refractivity contribution in [3.63, 3.8) is 0 Å². The standard InChI is InChI=1S/C23H22F2N6/c24-17-4-1-14(2-5-17)3-6-20-18-12-16(13-19(25)22(18)30-28-20)23-27-21(29-31-23)11-15-7-9-26-10-8-15/h1-6,12-13,15,26H,7-11H2,(H,28,30)(H,27,29,31)/b6-3+. The van der Waals surface area contributed by atoms with Crippen LogP contribution < -0.4 is 5.32 Å². The first-order valence-electron chi connectivity index (χ1n) is 10.4. The largest absolute Gasteiger partial charge is 0.317 e. The first-order valence-corrected chi connectivity index (χ1v) is 10.4. The number of nitrogens with zero attached hydrogens (tertiary/aromatic N) is 3. The number of aromatic nitrogens is 5. The maximum Gasteiger partial charge on any atom is 0.181 e. The Morgan fingerprint density at radius 3 is 2.58 bits per heavy atom. The van der Waals surface area contributed by atoms with Crippen molar-refractivity contribution in [1.29, 1.82) is 0 Å². The number of hydrogen-bond acceptors (Lipinski definition) is 4. The van der Waals surface area contributed by atoms with E-state index in [0.717, 1.165) is 43.7 Å². The number of benzene rings is 2. The molecule has 2 aromatic carbocycles. The van der Waals surface area contributed by atoms with Crippen LogP contribution in [0.15, 0.2) is 36.4 Å². The SMILES string of the molecule is Fc1ccc(/C=C/c2[nH]nc3c(F)cc(-c4n[nH]c(CC5CCNCC5)n4)cc23)cc1. The molecule has 0 unspecified atom stereocenters. The minimum atomic E-state index is -0.435. The molecule has 1 aliphatic rings. The van der Waals surface area contributed by atoms with Crippen LogP contribution in [0.3, 0.4) is 0 Å². The minimum Gasteiger partial charge on any atom is -0.317 e. The van der Waals surface area contributed by atoms with Crippen molar-refractivity contribution in [3.05, 3.63) is 65.1 Å². The average molecular weight is 420 g/mol. The number of nitrogens with one attached hydrogen (secondary N) is 3. The van der Waals surface area contributed by atoms with Gasteiger partial charge >= 0.3 is 0 Å². The summed E-state index contributed by atoms with van der Waals surface area (Å²) in [4.78, 5) is 4.60. The molecule has 4 aromatic rings. The lowest BCUT2D eigenvalue weighted by atomic mass is 9.94. The van der Waals surface area contributed by atoms with Gasteiger partial charge in [-0.1, -0.05) is 18.2 Å². The highest BCUT2D eigenvalue weighted by Gasteiger charge is 2.17. The van der Waals surface area contributed by atoms with Gasteiger partial charge in [-0.15, -0.1) is 0 Å². The predicted octanol–water partition coefficient (Wildman–Crippen LogP) is 4.34. The second-order valence-electron chi connectivity index (χ2n) is 7.88. The summed E-state index contributed by atoms with van der Waals surface area (Å²) in [6, 6.07) is 9.39. The summed E-state index contributed by atoms with van der Waals surface area (Å²) in [7, 11) is 0. The first-order chi connectivity index (χ1) is 15.2. The number of rotatable bonds is 5. The molecule has 2 aromatic heterocycles. The molecule has 0 spiro atoms. The lowest BCUT2D eigenvalue weighted by Crippen LogP contribution is -2.28. The van der Waals surface area contributed by atoms with Crippen molar-refractivity contribution >= 4 is 23.1 Å². The summed E-state index contributed by atoms with van der Waals surface area (Å²) in [5, 5.41) is 18.3. The predicted molar refractivity (Wildman–Crippen MR) is 116 cm³/mol. The van der Waals surface area contributed by atoms with Gasteiger partial charge in [-0.3, -0.25) is 10.2 Å². The number of piperidine rings is 1. The normalized spacial score (nSPS) is 15.3. The Morgan fingerprint density at radius 1 is 0.968 bits per heavy atom. The second-order valence-corrected chi connectivity index (χ2v) is 7.88. The average Bonchev–Trinajstić information content (AvgIpc) is 3.41. The van der Waals surface area contributed by atoms with Crippen molar-refractivity contribution < 1.29 is 8.78 Å². The van der Waals surface area contributed by atoms with Crippen LogP contribution in [0.2, 0.25) is 0 Å². The number of hydrogen-bond donors (Lipinski definition) is 3. The molecule has 0 aliphatic carbocycles. The van der Waals surface area contributed by atoms with E-state index in [1.807, 2.05) is 12.1 Å². The first kappa shape index (κ1) is 19.6. The van der Waals surface area contributed by atoms with E-state index in [-0.39, 0.29) is 11.3 Å². The summed E-state index contributed by atoms with van der Waals surface area (Å²) in [6.45, 7) is 2.06. The summed E-state index contributed by atoms with van der Waals surface area (Å²) in [5.41, 5.74) is 2.34. The highest BCUT2D eigenvalue weighted by atomic mass is 19.1. The van der Waals surface area contributed by atoms with Crippen LogP contribution in [-0.2, 0) is 6.42 Å². The third-order valence-corrected chi connectivity index (χ3v) is 5.68. The fourth-order valence-corrected chi connectivity index (χ4v) is 3.98. The van der Waals surface area contributed by atoms with Gasteiger partial charge in [0.15, 0.2) is 11.6 Å². The molecule has 1 aliphatic heterocycles. The number of H-pyrrole nitrogens is 2. The van der Waals surface area contributed by atoms with Gasteiger partial charge < -0.3 is 5.32 Å². The lowest BCUT2D eigenvalue weighted by molar-refractivity contribution is 0.367. The van der Waals surface area contributed by atoms with Crippen molar-refractivity contribution in [1.82, 2.24) is 30.7 Å². The van der Waals surface area contributed by atoms with E-state index in [4.69, 9.17) is 0 Å². The molecule has 1 saturated heterocycles. The van der Waals surface area contributed by atoms with Crippen LogP contribution in [0, 0.1) is 17.6 Å². The molecule has 0 radical (unpaired) electrons. The van der Waals surface area contributed by atoms with E-state index in [1.54, 1.807) is 18.2 Å². The number of halogens is 2. The zero-order chi connectivity index (χ0) is 21.2. The lowest BCUT2D eigenvalue weighted by Gasteiger charge is -2.21. The van der Waals surface area contributed by atoms with Gasteiger partial charge in [0.05, 0.1) is 5.69 Å². The molecule has 3 heterocycles. The summed E-state index contributed by atoms with van der Waals surface area (Å²) >= 11 is 0. The smallest absolute Gasteiger partial charge is 0.181 e. The Bertz CT molecular complexity index is 1220. The quantitative estimate of drug-likeness (QED) is 0.449. The van der Waals surface area contributed by atoms with E-state index >= 15 is 0 Å². The van der Waals surface area contributed by atoms with E-state index in [1.165, 1.54) is 18.2 Å². The second kappa shape index (κ2) is 8.39. The third-order valence-electron chi connectivity index (χ3n) is 5.68. The van der Waals surface area contributed by atoms with Gasteiger partial charge in [0.25, 0.3) is 0 Å². The molecule has 3 N–H and O–H groups in total. The van der Waals surface area contributed by atoms with Gasteiger partial charge in [0, 0.05) is 17.4 Å². The fourth-order valence-electron chi connectivity index (χ4n) is 3.98. The van der Waals surface area contributed by atoms with Crippen LogP contribution in [-0.4, -0.2) is 38.5 Å². The van der Waals surface area contributed by atoms with Crippen molar-refractivity contribution in [2.45, 2.75) is 19.3 Å². The third kappa shape index (κ3) is 4.25. The monoisotopic (exact) mass is 420 g/mol. The van der Waals surface area contributed by atoms with Crippen molar-refractivity contribution in [2.24, 2.45) is 5.92 Å². The highest BCUT2D eigenvalue weighted by Crippen LogP contribution is 2.27. The number of fused-ring (bicyclic) bond motifs is 1. The van der Waals surface area contributed by atoms with Gasteiger partial charge in [-0.2, -0.15) is 10.2 Å². The molecule has 1 fully saturated rings. The minimum absolute atomic E-state index is 0.257. The van der Waals surface area contributed by atoms with Crippen LogP contribution >= 0.6 is 0 Å². The topological polar surface area (TPSA) is 82.3 Å². The van der Waals surface area contributed by atoms with E-state index in [2.05, 4.69) is 30.7 Å². The fraction of sp³-hybridized carbons (Fsp3) is 0.261. The zero-order valence-electron chi connectivity index (χ0n) is 16.8. The molecule has 0 atom stereocenters. The van der Waals surface area contributed by atoms with E-state index in [0.29, 0.717) is 28.4 Å². The Labute approximate surface area is 177 Å². The Hall–Kier alpha value is -3.39. The molecule has 5 rings (SSSR count). The molecule has 158 valence electrons. The summed E-state index contributed by atoms with van der Waals surface area (Å²) in [5.74, 6) is 1.15. The molecular formula is C23H22F2N6. The summed E-state index contributed by atoms with van der Waals surface area (Å²) in [6.07, 6.45) is 6.70. The van der Waals surface area contributed by atoms with Crippen LogP contribution in [0.4, 0.5) is 8.78 Å². The van der Waals surface area contributed by atoms with Crippen molar-refractivity contribution in [3.8, 4) is 11.4 Å². The molecule has 0 amide bonds. The Kier molecular flexibility index (Phi) is 5.30. The molecule has 0 saturated carbocycles. The maximum atomic E-state index is 14.7. The van der Waals surface area contributed by atoms with Gasteiger partial charge in [0.2, 0.25) is 0 Å². The number of aromatic amines is 2. The van der Waals surface area contributed by atoms with Gasteiger partial charge in [0.1, 0.15) is 17.2 Å². The van der Waals surface area contributed by atoms with Crippen LogP contribution in [0.1, 0.15) is 29.9 Å². The molecular weight excluding hydrogens is 398 g/mol. The maximum absolute atomic E-state index is 14.7. The van der Waals surface area contributed by atoms with Crippen LogP contribution in [0.5, 0.6) is 0 Å². The molecule has 8 heteroatoms. The molecule has 6 nitrogen and oxygen atoms in total. The zero-order valence-corrected chi connectivity index (χ0v) is 16.8. The van der Waals surface area contributed by atoms with Crippen molar-refractivity contribution in [2.75, 3.05) is 13.1 Å². The van der Waals surface area contributed by atoms with E-state index < -0.39 is 5.82 Å². The van der Waals surface area contributed by atoms with Gasteiger partial charge in [-0.25, -0.2) is 13.8 Å². The van der Waals surface area contributed by atoms with Gasteiger partial charge in [-0.05, 0) is 67.8 Å². The molecule has 31 heavy (non-hydrogen) atoms. The van der Waals surface area contributed by atoms with Crippen LogP contribution in [0.25, 0.3) is 34.4 Å².